The molecule has 2 aliphatic rings. The molecule has 2 aliphatic heterocycles. The van der Waals surface area contributed by atoms with Crippen LogP contribution in [0.15, 0.2) is 67.0 Å². The van der Waals surface area contributed by atoms with Gasteiger partial charge in [-0.25, -0.2) is 19.9 Å². The first-order valence-corrected chi connectivity index (χ1v) is 11.3. The molecule has 170 valence electrons. The van der Waals surface area contributed by atoms with Gasteiger partial charge in [0.2, 0.25) is 5.95 Å². The van der Waals surface area contributed by atoms with E-state index >= 15 is 0 Å². The molecule has 9 heteroatoms. The highest BCUT2D eigenvalue weighted by Crippen LogP contribution is 2.37. The Morgan fingerprint density at radius 2 is 1.59 bits per heavy atom. The average molecular weight is 452 g/mol. The topological polar surface area (TPSA) is 104 Å². The van der Waals surface area contributed by atoms with E-state index in [1.54, 1.807) is 24.5 Å². The number of anilines is 5. The summed E-state index contributed by atoms with van der Waals surface area (Å²) in [5.41, 5.74) is 4.36. The Labute approximate surface area is 197 Å². The largest absolute Gasteiger partial charge is 0.370 e. The van der Waals surface area contributed by atoms with Crippen LogP contribution in [0, 0.1) is 12.3 Å². The van der Waals surface area contributed by atoms with Crippen LogP contribution in [0.25, 0.3) is 11.5 Å². The fourth-order valence-electron chi connectivity index (χ4n) is 4.37. The Morgan fingerprint density at radius 3 is 2.32 bits per heavy atom. The second-order valence-corrected chi connectivity index (χ2v) is 8.95. The Kier molecular flexibility index (Phi) is 5.03. The normalized spacial score (nSPS) is 16.0. The van der Waals surface area contributed by atoms with Gasteiger partial charge in [0, 0.05) is 61.1 Å². The van der Waals surface area contributed by atoms with Gasteiger partial charge in [-0.1, -0.05) is 6.07 Å². The second kappa shape index (κ2) is 8.35. The molecular weight excluding hydrogens is 426 g/mol. The molecule has 0 amide bonds. The third-order valence-electron chi connectivity index (χ3n) is 6.23. The van der Waals surface area contributed by atoms with Crippen LogP contribution in [0.5, 0.6) is 0 Å². The summed E-state index contributed by atoms with van der Waals surface area (Å²) in [4.78, 5) is 24.8. The standard InChI is InChI=1S/C25H25N9/c1-17-3-2-4-20(29-17)23-27-11-9-21(32-23)31-22-10-12-28-24(33-22)30-18-5-7-19(8-6-18)34-15-25(16-34)13-26-14-25/h2-12,26H,13-16H2,1H3,(H2,27,28,30,31,32,33). The molecule has 0 atom stereocenters. The van der Waals surface area contributed by atoms with Gasteiger partial charge in [0.25, 0.3) is 0 Å². The summed E-state index contributed by atoms with van der Waals surface area (Å²) in [6.45, 7) is 6.50. The minimum Gasteiger partial charge on any atom is -0.370 e. The van der Waals surface area contributed by atoms with E-state index in [4.69, 9.17) is 0 Å². The zero-order valence-corrected chi connectivity index (χ0v) is 18.9. The van der Waals surface area contributed by atoms with Gasteiger partial charge in [0.1, 0.15) is 17.3 Å². The van der Waals surface area contributed by atoms with Crippen molar-refractivity contribution in [2.75, 3.05) is 41.7 Å². The van der Waals surface area contributed by atoms with Crippen molar-refractivity contribution in [1.29, 1.82) is 0 Å². The van der Waals surface area contributed by atoms with Gasteiger partial charge in [-0.15, -0.1) is 0 Å². The van der Waals surface area contributed by atoms with Crippen LogP contribution < -0.4 is 20.9 Å². The lowest BCUT2D eigenvalue weighted by molar-refractivity contribution is 0.121. The smallest absolute Gasteiger partial charge is 0.229 e. The van der Waals surface area contributed by atoms with E-state index < -0.39 is 0 Å². The number of benzene rings is 1. The lowest BCUT2D eigenvalue weighted by atomic mass is 9.74. The number of hydrogen-bond donors (Lipinski definition) is 3. The van der Waals surface area contributed by atoms with Crippen LogP contribution >= 0.6 is 0 Å². The number of hydrogen-bond acceptors (Lipinski definition) is 9. The van der Waals surface area contributed by atoms with Crippen LogP contribution in [-0.2, 0) is 0 Å². The molecule has 2 fully saturated rings. The third-order valence-corrected chi connectivity index (χ3v) is 6.23. The van der Waals surface area contributed by atoms with Crippen molar-refractivity contribution in [2.45, 2.75) is 6.92 Å². The summed E-state index contributed by atoms with van der Waals surface area (Å²) in [6, 6.07) is 17.8. The molecule has 0 bridgehead atoms. The Bertz CT molecular complexity index is 1310. The second-order valence-electron chi connectivity index (χ2n) is 8.95. The number of aryl methyl sites for hydroxylation is 1. The minimum atomic E-state index is 0.510. The summed E-state index contributed by atoms with van der Waals surface area (Å²) in [5.74, 6) is 2.34. The summed E-state index contributed by atoms with van der Waals surface area (Å²) in [6.07, 6.45) is 3.42. The molecule has 1 spiro atoms. The summed E-state index contributed by atoms with van der Waals surface area (Å²) < 4.78 is 0. The molecular formula is C25H25N9. The first kappa shape index (κ1) is 20.5. The maximum Gasteiger partial charge on any atom is 0.229 e. The van der Waals surface area contributed by atoms with Crippen LogP contribution in [0.1, 0.15) is 5.69 Å². The highest BCUT2D eigenvalue weighted by Gasteiger charge is 2.47. The van der Waals surface area contributed by atoms with Gasteiger partial charge in [-0.2, -0.15) is 4.98 Å². The van der Waals surface area contributed by atoms with Gasteiger partial charge in [-0.3, -0.25) is 0 Å². The van der Waals surface area contributed by atoms with E-state index in [0.29, 0.717) is 28.8 Å². The highest BCUT2D eigenvalue weighted by molar-refractivity contribution is 5.62. The Hall–Kier alpha value is -4.11. The van der Waals surface area contributed by atoms with Crippen molar-refractivity contribution in [3.8, 4) is 11.5 Å². The molecule has 2 saturated heterocycles. The molecule has 0 radical (unpaired) electrons. The molecule has 0 saturated carbocycles. The molecule has 4 aromatic rings. The Balaban J connectivity index is 1.12. The predicted molar refractivity (Wildman–Crippen MR) is 133 cm³/mol. The molecule has 3 N–H and O–H groups in total. The van der Waals surface area contributed by atoms with Crippen molar-refractivity contribution >= 4 is 29.0 Å². The highest BCUT2D eigenvalue weighted by atomic mass is 15.3. The van der Waals surface area contributed by atoms with E-state index in [2.05, 4.69) is 70.0 Å². The number of pyridine rings is 1. The molecule has 3 aromatic heterocycles. The molecule has 0 aliphatic carbocycles. The van der Waals surface area contributed by atoms with Crippen molar-refractivity contribution in [3.05, 3.63) is 72.7 Å². The summed E-state index contributed by atoms with van der Waals surface area (Å²) in [5, 5.41) is 9.89. The lowest BCUT2D eigenvalue weighted by Crippen LogP contribution is -2.71. The Morgan fingerprint density at radius 1 is 0.824 bits per heavy atom. The predicted octanol–water partition coefficient (Wildman–Crippen LogP) is 3.53. The van der Waals surface area contributed by atoms with Gasteiger partial charge >= 0.3 is 0 Å². The van der Waals surface area contributed by atoms with E-state index in [9.17, 15) is 0 Å². The fraction of sp³-hybridized carbons (Fsp3) is 0.240. The first-order chi connectivity index (χ1) is 16.6. The van der Waals surface area contributed by atoms with E-state index in [0.717, 1.165) is 43.3 Å². The van der Waals surface area contributed by atoms with Gasteiger partial charge in [-0.05, 0) is 55.5 Å². The van der Waals surface area contributed by atoms with Gasteiger partial charge < -0.3 is 20.9 Å². The number of nitrogens with zero attached hydrogens (tertiary/aromatic N) is 6. The lowest BCUT2D eigenvalue weighted by Gasteiger charge is -2.57. The third kappa shape index (κ3) is 4.13. The quantitative estimate of drug-likeness (QED) is 0.406. The molecule has 1 aromatic carbocycles. The van der Waals surface area contributed by atoms with Crippen molar-refractivity contribution < 1.29 is 0 Å². The maximum absolute atomic E-state index is 4.58. The van der Waals surface area contributed by atoms with Gasteiger partial charge in [0.05, 0.1) is 0 Å². The summed E-state index contributed by atoms with van der Waals surface area (Å²) in [7, 11) is 0. The first-order valence-electron chi connectivity index (χ1n) is 11.3. The van der Waals surface area contributed by atoms with E-state index in [-0.39, 0.29) is 0 Å². The van der Waals surface area contributed by atoms with Crippen LogP contribution in [-0.4, -0.2) is 51.1 Å². The van der Waals surface area contributed by atoms with E-state index in [1.165, 1.54) is 5.69 Å². The number of rotatable bonds is 6. The monoisotopic (exact) mass is 451 g/mol. The minimum absolute atomic E-state index is 0.510. The average Bonchev–Trinajstić information content (AvgIpc) is 2.79. The zero-order valence-electron chi connectivity index (χ0n) is 18.9. The summed E-state index contributed by atoms with van der Waals surface area (Å²) >= 11 is 0. The van der Waals surface area contributed by atoms with Gasteiger partial charge in [0.15, 0.2) is 5.82 Å². The SMILES string of the molecule is Cc1cccc(-c2nccc(Nc3ccnc(Nc4ccc(N5CC6(CNC6)C5)cc4)n3)n2)n1. The molecule has 9 nitrogen and oxygen atoms in total. The maximum atomic E-state index is 4.58. The van der Waals surface area contributed by atoms with Crippen molar-refractivity contribution in [3.63, 3.8) is 0 Å². The molecule has 0 unspecified atom stereocenters. The zero-order chi connectivity index (χ0) is 23.0. The van der Waals surface area contributed by atoms with Crippen LogP contribution in [0.2, 0.25) is 0 Å². The van der Waals surface area contributed by atoms with Crippen LogP contribution in [0.4, 0.5) is 29.0 Å². The number of aromatic nitrogens is 5. The molecule has 6 rings (SSSR count). The van der Waals surface area contributed by atoms with Crippen molar-refractivity contribution in [2.24, 2.45) is 5.41 Å². The van der Waals surface area contributed by atoms with E-state index in [1.807, 2.05) is 25.1 Å². The molecule has 5 heterocycles. The fourth-order valence-corrected chi connectivity index (χ4v) is 4.37. The number of nitrogens with one attached hydrogen (secondary N) is 3. The van der Waals surface area contributed by atoms with Crippen LogP contribution in [0.3, 0.4) is 0 Å². The van der Waals surface area contributed by atoms with Crippen molar-refractivity contribution in [1.82, 2.24) is 30.2 Å². The molecule has 34 heavy (non-hydrogen) atoms.